The predicted octanol–water partition coefficient (Wildman–Crippen LogP) is 2.30. The number of aromatic nitrogens is 2. The standard InChI is InChI=1S/C11H11F3N4S/c12-11(13,14)8-3-1-2-7(4-8)5-9(17-15)10-6-16-19-18-10/h1-4,6,9,17H,5,15H2. The summed E-state index contributed by atoms with van der Waals surface area (Å²) in [7, 11) is 0. The first kappa shape index (κ1) is 13.9. The van der Waals surface area contributed by atoms with E-state index in [-0.39, 0.29) is 6.04 Å². The number of rotatable bonds is 4. The molecule has 0 radical (unpaired) electrons. The molecular formula is C11H11F3N4S. The highest BCUT2D eigenvalue weighted by atomic mass is 32.1. The zero-order chi connectivity index (χ0) is 13.9. The van der Waals surface area contributed by atoms with Gasteiger partial charge in [0.15, 0.2) is 0 Å². The molecule has 4 nitrogen and oxygen atoms in total. The minimum Gasteiger partial charge on any atom is -0.271 e. The molecule has 1 heterocycles. The summed E-state index contributed by atoms with van der Waals surface area (Å²) in [6, 6.07) is 4.80. The Morgan fingerprint density at radius 3 is 2.74 bits per heavy atom. The third-order valence-corrected chi connectivity index (χ3v) is 3.12. The van der Waals surface area contributed by atoms with Crippen LogP contribution in [0.3, 0.4) is 0 Å². The Balaban J connectivity index is 2.19. The van der Waals surface area contributed by atoms with Crippen LogP contribution in [0.2, 0.25) is 0 Å². The van der Waals surface area contributed by atoms with Crippen LogP contribution in [0.25, 0.3) is 0 Å². The van der Waals surface area contributed by atoms with Crippen LogP contribution in [-0.2, 0) is 12.6 Å². The van der Waals surface area contributed by atoms with Crippen molar-refractivity contribution in [3.05, 3.63) is 47.3 Å². The van der Waals surface area contributed by atoms with Crippen LogP contribution in [0.5, 0.6) is 0 Å². The Morgan fingerprint density at radius 2 is 2.16 bits per heavy atom. The molecule has 0 aliphatic carbocycles. The lowest BCUT2D eigenvalue weighted by molar-refractivity contribution is -0.137. The maximum Gasteiger partial charge on any atom is 0.416 e. The predicted molar refractivity (Wildman–Crippen MR) is 65.1 cm³/mol. The molecule has 102 valence electrons. The van der Waals surface area contributed by atoms with Crippen molar-refractivity contribution in [3.63, 3.8) is 0 Å². The van der Waals surface area contributed by atoms with E-state index < -0.39 is 11.7 Å². The Bertz CT molecular complexity index is 527. The highest BCUT2D eigenvalue weighted by molar-refractivity contribution is 6.99. The van der Waals surface area contributed by atoms with Crippen LogP contribution in [0, 0.1) is 0 Å². The summed E-state index contributed by atoms with van der Waals surface area (Å²) in [5.74, 6) is 5.40. The molecule has 0 saturated heterocycles. The van der Waals surface area contributed by atoms with E-state index in [2.05, 4.69) is 14.2 Å². The first-order valence-electron chi connectivity index (χ1n) is 5.40. The second-order valence-corrected chi connectivity index (χ2v) is 4.51. The van der Waals surface area contributed by atoms with Crippen molar-refractivity contribution in [2.24, 2.45) is 5.84 Å². The fourth-order valence-corrected chi connectivity index (χ4v) is 2.16. The average molecular weight is 288 g/mol. The number of alkyl halides is 3. The van der Waals surface area contributed by atoms with Gasteiger partial charge in [-0.25, -0.2) is 0 Å². The smallest absolute Gasteiger partial charge is 0.271 e. The monoisotopic (exact) mass is 288 g/mol. The molecule has 0 aliphatic heterocycles. The van der Waals surface area contributed by atoms with Crippen LogP contribution in [0.1, 0.15) is 22.9 Å². The number of benzene rings is 1. The number of nitrogens with one attached hydrogen (secondary N) is 1. The van der Waals surface area contributed by atoms with Gasteiger partial charge in [0.1, 0.15) is 0 Å². The summed E-state index contributed by atoms with van der Waals surface area (Å²) >= 11 is 1.03. The van der Waals surface area contributed by atoms with Gasteiger partial charge in [0.25, 0.3) is 0 Å². The molecule has 0 saturated carbocycles. The largest absolute Gasteiger partial charge is 0.416 e. The van der Waals surface area contributed by atoms with Crippen LogP contribution in [-0.4, -0.2) is 8.75 Å². The van der Waals surface area contributed by atoms with Crippen molar-refractivity contribution in [1.82, 2.24) is 14.2 Å². The fraction of sp³-hybridized carbons (Fsp3) is 0.273. The quantitative estimate of drug-likeness (QED) is 0.669. The summed E-state index contributed by atoms with van der Waals surface area (Å²) in [4.78, 5) is 0. The summed E-state index contributed by atoms with van der Waals surface area (Å²) in [6.45, 7) is 0. The van der Waals surface area contributed by atoms with Gasteiger partial charge in [-0.15, -0.1) is 0 Å². The molecule has 1 unspecified atom stereocenters. The molecule has 3 N–H and O–H groups in total. The molecule has 1 aromatic heterocycles. The maximum atomic E-state index is 12.6. The lowest BCUT2D eigenvalue weighted by Crippen LogP contribution is -2.29. The highest BCUT2D eigenvalue weighted by Crippen LogP contribution is 2.30. The van der Waals surface area contributed by atoms with Gasteiger partial charge in [0, 0.05) is 0 Å². The number of hydrazine groups is 1. The molecule has 8 heteroatoms. The molecule has 1 atom stereocenters. The van der Waals surface area contributed by atoms with E-state index in [4.69, 9.17) is 5.84 Å². The molecule has 1 aromatic carbocycles. The molecule has 0 amide bonds. The third-order valence-electron chi connectivity index (χ3n) is 2.63. The van der Waals surface area contributed by atoms with E-state index in [1.165, 1.54) is 6.07 Å². The van der Waals surface area contributed by atoms with E-state index in [0.29, 0.717) is 17.7 Å². The maximum absolute atomic E-state index is 12.6. The molecule has 2 aromatic rings. The number of nitrogens with two attached hydrogens (primary N) is 1. The third kappa shape index (κ3) is 3.49. The van der Waals surface area contributed by atoms with Gasteiger partial charge in [-0.3, -0.25) is 11.3 Å². The number of hydrogen-bond donors (Lipinski definition) is 2. The Kier molecular flexibility index (Phi) is 4.13. The van der Waals surface area contributed by atoms with Gasteiger partial charge in [-0.05, 0) is 18.1 Å². The lowest BCUT2D eigenvalue weighted by Gasteiger charge is -2.14. The van der Waals surface area contributed by atoms with Crippen molar-refractivity contribution >= 4 is 11.7 Å². The molecule has 19 heavy (non-hydrogen) atoms. The molecular weight excluding hydrogens is 277 g/mol. The number of halogens is 3. The van der Waals surface area contributed by atoms with Gasteiger partial charge in [-0.2, -0.15) is 21.9 Å². The average Bonchev–Trinajstić information content (AvgIpc) is 2.89. The lowest BCUT2D eigenvalue weighted by atomic mass is 10.0. The highest BCUT2D eigenvalue weighted by Gasteiger charge is 2.30. The minimum atomic E-state index is -4.34. The second-order valence-electron chi connectivity index (χ2n) is 3.95. The summed E-state index contributed by atoms with van der Waals surface area (Å²) in [6.07, 6.45) is -2.49. The SMILES string of the molecule is NNC(Cc1cccc(C(F)(F)F)c1)c1cnsn1. The first-order valence-corrected chi connectivity index (χ1v) is 6.13. The van der Waals surface area contributed by atoms with Crippen molar-refractivity contribution in [2.75, 3.05) is 0 Å². The van der Waals surface area contributed by atoms with Gasteiger partial charge in [0.05, 0.1) is 35.2 Å². The van der Waals surface area contributed by atoms with Gasteiger partial charge < -0.3 is 0 Å². The van der Waals surface area contributed by atoms with Crippen molar-refractivity contribution in [1.29, 1.82) is 0 Å². The number of hydrogen-bond acceptors (Lipinski definition) is 5. The molecule has 2 rings (SSSR count). The first-order chi connectivity index (χ1) is 9.00. The van der Waals surface area contributed by atoms with Crippen LogP contribution < -0.4 is 11.3 Å². The zero-order valence-electron chi connectivity index (χ0n) is 9.69. The Hall–Kier alpha value is -1.51. The van der Waals surface area contributed by atoms with Crippen LogP contribution >= 0.6 is 11.7 Å². The van der Waals surface area contributed by atoms with E-state index in [1.807, 2.05) is 0 Å². The Labute approximate surface area is 111 Å². The van der Waals surface area contributed by atoms with Crippen molar-refractivity contribution in [3.8, 4) is 0 Å². The van der Waals surface area contributed by atoms with Gasteiger partial charge in [0.2, 0.25) is 0 Å². The summed E-state index contributed by atoms with van der Waals surface area (Å²) in [5.41, 5.74) is 3.01. The molecule has 0 bridgehead atoms. The zero-order valence-corrected chi connectivity index (χ0v) is 10.5. The van der Waals surface area contributed by atoms with E-state index in [1.54, 1.807) is 12.3 Å². The van der Waals surface area contributed by atoms with Gasteiger partial charge in [-0.1, -0.05) is 18.2 Å². The van der Waals surface area contributed by atoms with E-state index >= 15 is 0 Å². The van der Waals surface area contributed by atoms with Crippen molar-refractivity contribution in [2.45, 2.75) is 18.6 Å². The van der Waals surface area contributed by atoms with Gasteiger partial charge >= 0.3 is 6.18 Å². The molecule has 0 spiro atoms. The van der Waals surface area contributed by atoms with Crippen LogP contribution in [0.15, 0.2) is 30.5 Å². The normalized spacial score (nSPS) is 13.5. The van der Waals surface area contributed by atoms with E-state index in [9.17, 15) is 13.2 Å². The van der Waals surface area contributed by atoms with E-state index in [0.717, 1.165) is 23.9 Å². The van der Waals surface area contributed by atoms with Crippen molar-refractivity contribution < 1.29 is 13.2 Å². The molecule has 0 aliphatic rings. The molecule has 0 fully saturated rings. The number of nitrogens with zero attached hydrogens (tertiary/aromatic N) is 2. The Morgan fingerprint density at radius 1 is 1.37 bits per heavy atom. The topological polar surface area (TPSA) is 63.8 Å². The minimum absolute atomic E-state index is 0.311. The summed E-state index contributed by atoms with van der Waals surface area (Å²) < 4.78 is 45.7. The second kappa shape index (κ2) is 5.64. The fourth-order valence-electron chi connectivity index (χ4n) is 1.68. The summed E-state index contributed by atoms with van der Waals surface area (Å²) in [5, 5.41) is 0. The van der Waals surface area contributed by atoms with Crippen LogP contribution in [0.4, 0.5) is 13.2 Å².